The van der Waals surface area contributed by atoms with Crippen LogP contribution in [0.2, 0.25) is 0 Å². The number of carbonyl (C=O) groups excluding carboxylic acids is 3. The van der Waals surface area contributed by atoms with Crippen molar-refractivity contribution in [2.45, 2.75) is 79.1 Å². The number of nitro groups is 1. The second kappa shape index (κ2) is 12.6. The molecule has 0 bridgehead atoms. The van der Waals surface area contributed by atoms with Crippen LogP contribution in [-0.2, 0) is 18.9 Å². The Morgan fingerprint density at radius 3 is 1.49 bits per heavy atom. The van der Waals surface area contributed by atoms with Crippen molar-refractivity contribution < 1.29 is 38.3 Å². The minimum Gasteiger partial charge on any atom is -0.444 e. The van der Waals surface area contributed by atoms with Crippen molar-refractivity contribution in [3.05, 3.63) is 34.4 Å². The van der Waals surface area contributed by atoms with Crippen molar-refractivity contribution in [1.29, 1.82) is 0 Å². The summed E-state index contributed by atoms with van der Waals surface area (Å²) in [6.07, 6.45) is -2.41. The lowest BCUT2D eigenvalue weighted by molar-refractivity contribution is -0.384. The molecule has 1 aliphatic rings. The van der Waals surface area contributed by atoms with Crippen LogP contribution in [0.1, 0.15) is 62.3 Å². The van der Waals surface area contributed by atoms with E-state index < -0.39 is 34.0 Å². The fourth-order valence-electron chi connectivity index (χ4n) is 2.87. The zero-order valence-electron chi connectivity index (χ0n) is 23.2. The molecule has 12 heteroatoms. The molecular formula is C25H39N3O9. The van der Waals surface area contributed by atoms with Gasteiger partial charge in [-0.3, -0.25) is 10.1 Å². The van der Waals surface area contributed by atoms with Gasteiger partial charge in [0.1, 0.15) is 16.8 Å². The minimum absolute atomic E-state index is 0.0798. The average molecular weight is 526 g/mol. The van der Waals surface area contributed by atoms with Gasteiger partial charge in [0.25, 0.3) is 5.69 Å². The predicted molar refractivity (Wildman–Crippen MR) is 137 cm³/mol. The van der Waals surface area contributed by atoms with Gasteiger partial charge in [0, 0.05) is 44.0 Å². The van der Waals surface area contributed by atoms with E-state index in [0.717, 1.165) is 5.69 Å². The zero-order valence-corrected chi connectivity index (χ0v) is 23.2. The van der Waals surface area contributed by atoms with Crippen LogP contribution < -0.4 is 4.90 Å². The SMILES string of the molecule is CC(C)(C)OC(=O)N1CCN(c2ccc([N+](=O)[O-])cc2)CC1.CC(C)(C)OC(=O)OC(=O)OC(C)(C)C. The van der Waals surface area contributed by atoms with E-state index in [4.69, 9.17) is 14.2 Å². The maximum absolute atomic E-state index is 12.0. The number of hydrogen-bond acceptors (Lipinski definition) is 10. The van der Waals surface area contributed by atoms with Crippen LogP contribution in [0.15, 0.2) is 24.3 Å². The number of nitrogens with zero attached hydrogens (tertiary/aromatic N) is 3. The van der Waals surface area contributed by atoms with E-state index in [-0.39, 0.29) is 11.8 Å². The molecule has 1 aromatic carbocycles. The predicted octanol–water partition coefficient (Wildman–Crippen LogP) is 5.53. The lowest BCUT2D eigenvalue weighted by Crippen LogP contribution is -2.50. The molecule has 0 radical (unpaired) electrons. The molecule has 2 rings (SSSR count). The fourth-order valence-corrected chi connectivity index (χ4v) is 2.87. The Bertz CT molecular complexity index is 908. The van der Waals surface area contributed by atoms with Crippen LogP contribution in [0.4, 0.5) is 25.8 Å². The number of rotatable bonds is 2. The van der Waals surface area contributed by atoms with Gasteiger partial charge in [0.05, 0.1) is 4.92 Å². The molecule has 0 unspecified atom stereocenters. The number of nitro benzene ring substituents is 1. The molecule has 12 nitrogen and oxygen atoms in total. The molecule has 1 amide bonds. The van der Waals surface area contributed by atoms with Gasteiger partial charge >= 0.3 is 18.4 Å². The lowest BCUT2D eigenvalue weighted by atomic mass is 10.2. The highest BCUT2D eigenvalue weighted by Gasteiger charge is 2.26. The first-order valence-corrected chi connectivity index (χ1v) is 11.9. The van der Waals surface area contributed by atoms with Gasteiger partial charge in [-0.25, -0.2) is 14.4 Å². The van der Waals surface area contributed by atoms with Crippen molar-refractivity contribution in [2.24, 2.45) is 0 Å². The third-order valence-corrected chi connectivity index (χ3v) is 4.30. The summed E-state index contributed by atoms with van der Waals surface area (Å²) in [5.74, 6) is 0. The summed E-state index contributed by atoms with van der Waals surface area (Å²) in [6, 6.07) is 6.47. The van der Waals surface area contributed by atoms with Crippen molar-refractivity contribution in [1.82, 2.24) is 4.90 Å². The van der Waals surface area contributed by atoms with E-state index in [1.165, 1.54) is 12.1 Å². The number of benzene rings is 1. The first-order chi connectivity index (χ1) is 16.8. The number of anilines is 1. The van der Waals surface area contributed by atoms with Gasteiger partial charge in [0.2, 0.25) is 0 Å². The summed E-state index contributed by atoms with van der Waals surface area (Å²) in [4.78, 5) is 48.0. The number of carbonyl (C=O) groups is 3. The average Bonchev–Trinajstić information content (AvgIpc) is 2.70. The summed E-state index contributed by atoms with van der Waals surface area (Å²) >= 11 is 0. The van der Waals surface area contributed by atoms with Gasteiger partial charge in [-0.15, -0.1) is 0 Å². The van der Waals surface area contributed by atoms with E-state index in [1.54, 1.807) is 58.6 Å². The van der Waals surface area contributed by atoms with Crippen LogP contribution in [0.25, 0.3) is 0 Å². The Hall–Kier alpha value is -3.57. The minimum atomic E-state index is -1.06. The van der Waals surface area contributed by atoms with Crippen molar-refractivity contribution in [2.75, 3.05) is 31.1 Å². The monoisotopic (exact) mass is 525 g/mol. The van der Waals surface area contributed by atoms with E-state index in [9.17, 15) is 24.5 Å². The first-order valence-electron chi connectivity index (χ1n) is 11.9. The summed E-state index contributed by atoms with van der Waals surface area (Å²) in [6.45, 7) is 18.1. The molecule has 0 atom stereocenters. The molecule has 1 fully saturated rings. The molecule has 1 heterocycles. The number of non-ortho nitro benzene ring substituents is 1. The highest BCUT2D eigenvalue weighted by Crippen LogP contribution is 2.21. The molecule has 0 aliphatic carbocycles. The van der Waals surface area contributed by atoms with E-state index >= 15 is 0 Å². The summed E-state index contributed by atoms with van der Waals surface area (Å²) in [5.41, 5.74) is -0.879. The zero-order chi connectivity index (χ0) is 28.6. The molecule has 0 N–H and O–H groups in total. The van der Waals surface area contributed by atoms with E-state index in [0.29, 0.717) is 26.2 Å². The van der Waals surface area contributed by atoms with Crippen molar-refractivity contribution >= 4 is 29.8 Å². The van der Waals surface area contributed by atoms with Crippen molar-refractivity contribution in [3.63, 3.8) is 0 Å². The van der Waals surface area contributed by atoms with Crippen LogP contribution in [0.3, 0.4) is 0 Å². The number of hydrogen-bond donors (Lipinski definition) is 0. The fraction of sp³-hybridized carbons (Fsp3) is 0.640. The van der Waals surface area contributed by atoms with Crippen LogP contribution in [0, 0.1) is 10.1 Å². The quantitative estimate of drug-likeness (QED) is 0.159. The van der Waals surface area contributed by atoms with Crippen molar-refractivity contribution in [3.8, 4) is 0 Å². The Morgan fingerprint density at radius 1 is 0.730 bits per heavy atom. The molecular weight excluding hydrogens is 486 g/mol. The largest absolute Gasteiger partial charge is 0.519 e. The molecule has 1 saturated heterocycles. The Kier molecular flexibility index (Phi) is 10.7. The van der Waals surface area contributed by atoms with Gasteiger partial charge in [-0.2, -0.15) is 0 Å². The lowest BCUT2D eigenvalue weighted by Gasteiger charge is -2.36. The molecule has 0 spiro atoms. The first kappa shape index (κ1) is 31.5. The Morgan fingerprint density at radius 2 is 1.14 bits per heavy atom. The number of ether oxygens (including phenoxy) is 4. The Labute approximate surface area is 217 Å². The summed E-state index contributed by atoms with van der Waals surface area (Å²) in [7, 11) is 0. The van der Waals surface area contributed by atoms with Gasteiger partial charge < -0.3 is 28.7 Å². The van der Waals surface area contributed by atoms with Crippen LogP contribution >= 0.6 is 0 Å². The van der Waals surface area contributed by atoms with E-state index in [2.05, 4.69) is 9.64 Å². The van der Waals surface area contributed by atoms with Crippen LogP contribution in [-0.4, -0.2) is 71.2 Å². The Balaban J connectivity index is 0.000000401. The second-order valence-corrected chi connectivity index (χ2v) is 11.3. The van der Waals surface area contributed by atoms with Gasteiger partial charge in [-0.1, -0.05) is 0 Å². The summed E-state index contributed by atoms with van der Waals surface area (Å²) in [5, 5.41) is 10.7. The maximum Gasteiger partial charge on any atom is 0.519 e. The summed E-state index contributed by atoms with van der Waals surface area (Å²) < 4.78 is 19.2. The normalized spacial score (nSPS) is 14.1. The second-order valence-electron chi connectivity index (χ2n) is 11.3. The third-order valence-electron chi connectivity index (χ3n) is 4.30. The molecule has 1 aromatic rings. The molecule has 0 aromatic heterocycles. The molecule has 37 heavy (non-hydrogen) atoms. The third kappa shape index (κ3) is 13.3. The standard InChI is InChI=1S/C15H21N3O4.C10H18O5/c1-15(2,3)22-14(19)17-10-8-16(9-11-17)12-4-6-13(7-5-12)18(20)21;1-9(2,3)14-7(11)13-8(12)15-10(4,5)6/h4-7H,8-11H2,1-3H3;1-6H3. The van der Waals surface area contributed by atoms with Gasteiger partial charge in [-0.05, 0) is 74.4 Å². The highest BCUT2D eigenvalue weighted by atomic mass is 16.8. The maximum atomic E-state index is 12.0. The molecule has 1 aliphatic heterocycles. The highest BCUT2D eigenvalue weighted by molar-refractivity contribution is 5.77. The van der Waals surface area contributed by atoms with E-state index in [1.807, 2.05) is 20.8 Å². The molecule has 208 valence electrons. The van der Waals surface area contributed by atoms with Gasteiger partial charge in [0.15, 0.2) is 0 Å². The smallest absolute Gasteiger partial charge is 0.444 e. The van der Waals surface area contributed by atoms with Crippen LogP contribution in [0.5, 0.6) is 0 Å². The number of piperazine rings is 1. The number of amides is 1. The topological polar surface area (TPSA) is 138 Å². The molecule has 0 saturated carbocycles.